The van der Waals surface area contributed by atoms with E-state index in [9.17, 15) is 13.2 Å². The van der Waals surface area contributed by atoms with Gasteiger partial charge in [-0.1, -0.05) is 6.07 Å². The molecule has 0 aliphatic carbocycles. The lowest BCUT2D eigenvalue weighted by molar-refractivity contribution is -0.131. The minimum Gasteiger partial charge on any atom is -0.379 e. The number of hydrogen-bond acceptors (Lipinski definition) is 5. The first-order valence-electron chi connectivity index (χ1n) is 9.31. The molecule has 1 atom stereocenters. The van der Waals surface area contributed by atoms with Crippen LogP contribution in [0.15, 0.2) is 30.6 Å². The molecule has 2 saturated heterocycles. The second-order valence-corrected chi connectivity index (χ2v) is 9.25. The van der Waals surface area contributed by atoms with Crippen molar-refractivity contribution < 1.29 is 17.9 Å². The lowest BCUT2D eigenvalue weighted by Crippen LogP contribution is -2.52. The highest BCUT2D eigenvalue weighted by Crippen LogP contribution is 2.22. The van der Waals surface area contributed by atoms with Gasteiger partial charge in [0, 0.05) is 38.6 Å². The van der Waals surface area contributed by atoms with Crippen molar-refractivity contribution in [2.45, 2.75) is 24.5 Å². The SMILES string of the molecule is O=C(Cc1cn2ccccc2n1)N1CCCC(S(=O)(=O)N2CCOCC2)C1. The summed E-state index contributed by atoms with van der Waals surface area (Å²) in [6.07, 6.45) is 5.22. The van der Waals surface area contributed by atoms with Crippen LogP contribution < -0.4 is 0 Å². The highest BCUT2D eigenvalue weighted by Gasteiger charge is 2.37. The summed E-state index contributed by atoms with van der Waals surface area (Å²) in [7, 11) is -3.41. The zero-order valence-corrected chi connectivity index (χ0v) is 16.0. The van der Waals surface area contributed by atoms with Crippen LogP contribution in [-0.4, -0.2) is 77.6 Å². The van der Waals surface area contributed by atoms with Gasteiger partial charge in [0.25, 0.3) is 0 Å². The zero-order valence-electron chi connectivity index (χ0n) is 15.2. The Kier molecular flexibility index (Phi) is 5.16. The van der Waals surface area contributed by atoms with Crippen molar-refractivity contribution in [2.75, 3.05) is 39.4 Å². The first-order valence-corrected chi connectivity index (χ1v) is 10.8. The molecule has 2 aromatic rings. The van der Waals surface area contributed by atoms with Gasteiger partial charge < -0.3 is 14.0 Å². The number of pyridine rings is 1. The Morgan fingerprint density at radius 3 is 2.81 bits per heavy atom. The van der Waals surface area contributed by atoms with E-state index in [-0.39, 0.29) is 18.9 Å². The number of nitrogens with zero attached hydrogens (tertiary/aromatic N) is 4. The van der Waals surface area contributed by atoms with E-state index in [2.05, 4.69) is 4.98 Å². The number of amides is 1. The first kappa shape index (κ1) is 18.4. The van der Waals surface area contributed by atoms with Gasteiger partial charge >= 0.3 is 0 Å². The number of imidazole rings is 1. The van der Waals surface area contributed by atoms with E-state index in [1.165, 1.54) is 4.31 Å². The topological polar surface area (TPSA) is 84.2 Å². The van der Waals surface area contributed by atoms with Crippen molar-refractivity contribution in [2.24, 2.45) is 0 Å². The molecule has 0 spiro atoms. The van der Waals surface area contributed by atoms with E-state index in [4.69, 9.17) is 4.74 Å². The maximum absolute atomic E-state index is 12.9. The number of hydrogen-bond donors (Lipinski definition) is 0. The predicted octanol–water partition coefficient (Wildman–Crippen LogP) is 0.530. The first-order chi connectivity index (χ1) is 13.0. The fourth-order valence-electron chi connectivity index (χ4n) is 3.76. The smallest absolute Gasteiger partial charge is 0.228 e. The summed E-state index contributed by atoms with van der Waals surface area (Å²) in [5.74, 6) is -0.0692. The van der Waals surface area contributed by atoms with Crippen molar-refractivity contribution >= 4 is 21.6 Å². The maximum atomic E-state index is 12.9. The highest BCUT2D eigenvalue weighted by atomic mass is 32.2. The number of aromatic nitrogens is 2. The highest BCUT2D eigenvalue weighted by molar-refractivity contribution is 7.89. The van der Waals surface area contributed by atoms with Crippen LogP contribution in [0.3, 0.4) is 0 Å². The Morgan fingerprint density at radius 2 is 2.04 bits per heavy atom. The van der Waals surface area contributed by atoms with Gasteiger partial charge in [-0.2, -0.15) is 4.31 Å². The second kappa shape index (κ2) is 7.57. The Hall–Kier alpha value is -1.97. The van der Waals surface area contributed by atoms with Gasteiger partial charge in [0.15, 0.2) is 0 Å². The lowest BCUT2D eigenvalue weighted by Gasteiger charge is -2.36. The molecule has 0 bridgehead atoms. The number of piperidine rings is 1. The molecule has 2 aliphatic rings. The number of rotatable bonds is 4. The molecule has 0 saturated carbocycles. The second-order valence-electron chi connectivity index (χ2n) is 7.04. The lowest BCUT2D eigenvalue weighted by atomic mass is 10.1. The van der Waals surface area contributed by atoms with Crippen LogP contribution in [0.5, 0.6) is 0 Å². The average Bonchev–Trinajstić information content (AvgIpc) is 3.11. The fourth-order valence-corrected chi connectivity index (χ4v) is 5.67. The number of morpholine rings is 1. The van der Waals surface area contributed by atoms with Crippen LogP contribution >= 0.6 is 0 Å². The third-order valence-electron chi connectivity index (χ3n) is 5.23. The number of likely N-dealkylation sites (tertiary alicyclic amines) is 1. The summed E-state index contributed by atoms with van der Waals surface area (Å²) in [4.78, 5) is 18.9. The summed E-state index contributed by atoms with van der Waals surface area (Å²) in [6.45, 7) is 2.51. The molecule has 1 unspecified atom stereocenters. The number of carbonyl (C=O) groups is 1. The van der Waals surface area contributed by atoms with Gasteiger partial charge in [-0.25, -0.2) is 13.4 Å². The minimum atomic E-state index is -3.41. The molecule has 8 nitrogen and oxygen atoms in total. The number of ether oxygens (including phenoxy) is 1. The van der Waals surface area contributed by atoms with Crippen LogP contribution in [0.2, 0.25) is 0 Å². The van der Waals surface area contributed by atoms with Crippen LogP contribution in [0.25, 0.3) is 5.65 Å². The maximum Gasteiger partial charge on any atom is 0.228 e. The minimum absolute atomic E-state index is 0.0692. The molecular formula is C18H24N4O4S. The van der Waals surface area contributed by atoms with Crippen molar-refractivity contribution in [1.29, 1.82) is 0 Å². The Labute approximate surface area is 158 Å². The molecule has 27 heavy (non-hydrogen) atoms. The van der Waals surface area contributed by atoms with Gasteiger partial charge in [0.1, 0.15) is 5.65 Å². The predicted molar refractivity (Wildman–Crippen MR) is 99.8 cm³/mol. The summed E-state index contributed by atoms with van der Waals surface area (Å²) in [6, 6.07) is 5.70. The Balaban J connectivity index is 1.43. The molecule has 146 valence electrons. The van der Waals surface area contributed by atoms with Crippen molar-refractivity contribution in [3.8, 4) is 0 Å². The summed E-state index contributed by atoms with van der Waals surface area (Å²) in [5.41, 5.74) is 1.50. The summed E-state index contributed by atoms with van der Waals surface area (Å²) >= 11 is 0. The largest absolute Gasteiger partial charge is 0.379 e. The quantitative estimate of drug-likeness (QED) is 0.758. The van der Waals surface area contributed by atoms with E-state index >= 15 is 0 Å². The molecule has 4 rings (SSSR count). The summed E-state index contributed by atoms with van der Waals surface area (Å²) < 4.78 is 34.4. The number of sulfonamides is 1. The fraction of sp³-hybridized carbons (Fsp3) is 0.556. The number of carbonyl (C=O) groups excluding carboxylic acids is 1. The Bertz CT molecular complexity index is 887. The van der Waals surface area contributed by atoms with E-state index in [1.807, 2.05) is 35.0 Å². The van der Waals surface area contributed by atoms with Gasteiger partial charge in [0.05, 0.1) is 30.6 Å². The number of fused-ring (bicyclic) bond motifs is 1. The van der Waals surface area contributed by atoms with Gasteiger partial charge in [-0.15, -0.1) is 0 Å². The van der Waals surface area contributed by atoms with E-state index in [0.29, 0.717) is 51.4 Å². The van der Waals surface area contributed by atoms with Crippen molar-refractivity contribution in [3.05, 3.63) is 36.3 Å². The molecule has 4 heterocycles. The molecule has 2 fully saturated rings. The van der Waals surface area contributed by atoms with Crippen molar-refractivity contribution in [1.82, 2.24) is 18.6 Å². The van der Waals surface area contributed by atoms with Crippen molar-refractivity contribution in [3.63, 3.8) is 0 Å². The van der Waals surface area contributed by atoms with Crippen LogP contribution in [0.1, 0.15) is 18.5 Å². The van der Waals surface area contributed by atoms with Crippen LogP contribution in [0.4, 0.5) is 0 Å². The average molecular weight is 392 g/mol. The molecule has 0 N–H and O–H groups in total. The third-order valence-corrected chi connectivity index (χ3v) is 7.54. The monoisotopic (exact) mass is 392 g/mol. The molecule has 2 aliphatic heterocycles. The Morgan fingerprint density at radius 1 is 1.22 bits per heavy atom. The van der Waals surface area contributed by atoms with Gasteiger partial charge in [-0.3, -0.25) is 4.79 Å². The molecule has 2 aromatic heterocycles. The molecule has 0 radical (unpaired) electrons. The zero-order chi connectivity index (χ0) is 18.9. The standard InChI is InChI=1S/C18H24N4O4S/c23-18(12-15-13-20-6-2-1-5-17(20)19-15)21-7-3-4-16(14-21)27(24,25)22-8-10-26-11-9-22/h1-2,5-6,13,16H,3-4,7-12,14H2. The van der Waals surface area contributed by atoms with Crippen LogP contribution in [0, 0.1) is 0 Å². The van der Waals surface area contributed by atoms with E-state index < -0.39 is 15.3 Å². The van der Waals surface area contributed by atoms with Crippen LogP contribution in [-0.2, 0) is 26.0 Å². The van der Waals surface area contributed by atoms with Gasteiger partial charge in [-0.05, 0) is 25.0 Å². The third kappa shape index (κ3) is 3.85. The molecule has 0 aromatic carbocycles. The van der Waals surface area contributed by atoms with E-state index in [1.54, 1.807) is 4.90 Å². The van der Waals surface area contributed by atoms with E-state index in [0.717, 1.165) is 5.65 Å². The molecule has 1 amide bonds. The normalized spacial score (nSPS) is 22.2. The molecule has 9 heteroatoms. The van der Waals surface area contributed by atoms with Gasteiger partial charge in [0.2, 0.25) is 15.9 Å². The molecular weight excluding hydrogens is 368 g/mol. The summed E-state index contributed by atoms with van der Waals surface area (Å²) in [5, 5.41) is -0.533.